The molecule has 1 rings (SSSR count). The van der Waals surface area contributed by atoms with Crippen molar-refractivity contribution in [3.8, 4) is 0 Å². The molecule has 0 saturated carbocycles. The molecule has 7 heteroatoms. The second-order valence-electron chi connectivity index (χ2n) is 6.36. The van der Waals surface area contributed by atoms with Gasteiger partial charge in [0.1, 0.15) is 24.3 Å². The van der Waals surface area contributed by atoms with Crippen LogP contribution in [0, 0.1) is 0 Å². The lowest BCUT2D eigenvalue weighted by molar-refractivity contribution is -0.157. The largest absolute Gasteiger partial charge is 0.460 e. The SMILES string of the molecule is C[C@H](NCC(N)C(=O)OC(C)(C)C)C(=O)OCc1ccccc1.Cl. The first-order valence-corrected chi connectivity index (χ1v) is 7.61. The highest BCUT2D eigenvalue weighted by molar-refractivity contribution is 5.85. The minimum Gasteiger partial charge on any atom is -0.460 e. The van der Waals surface area contributed by atoms with Crippen molar-refractivity contribution in [1.82, 2.24) is 5.32 Å². The highest BCUT2D eigenvalue weighted by Crippen LogP contribution is 2.07. The summed E-state index contributed by atoms with van der Waals surface area (Å²) in [6.07, 6.45) is 0. The molecule has 0 amide bonds. The van der Waals surface area contributed by atoms with Gasteiger partial charge in [-0.25, -0.2) is 0 Å². The Balaban J connectivity index is 0.00000529. The van der Waals surface area contributed by atoms with Gasteiger partial charge in [-0.05, 0) is 33.3 Å². The van der Waals surface area contributed by atoms with Gasteiger partial charge in [-0.2, -0.15) is 0 Å². The van der Waals surface area contributed by atoms with Crippen molar-refractivity contribution in [2.24, 2.45) is 5.73 Å². The Hall–Kier alpha value is -1.63. The van der Waals surface area contributed by atoms with E-state index in [9.17, 15) is 9.59 Å². The van der Waals surface area contributed by atoms with Gasteiger partial charge in [0.05, 0.1) is 0 Å². The third kappa shape index (κ3) is 8.86. The fourth-order valence-electron chi connectivity index (χ4n) is 1.70. The van der Waals surface area contributed by atoms with Crippen LogP contribution in [0.5, 0.6) is 0 Å². The van der Waals surface area contributed by atoms with Crippen molar-refractivity contribution < 1.29 is 19.1 Å². The van der Waals surface area contributed by atoms with Crippen molar-refractivity contribution in [3.05, 3.63) is 35.9 Å². The summed E-state index contributed by atoms with van der Waals surface area (Å²) in [5.74, 6) is -0.903. The molecule has 0 aromatic heterocycles. The van der Waals surface area contributed by atoms with Crippen molar-refractivity contribution >= 4 is 24.3 Å². The summed E-state index contributed by atoms with van der Waals surface area (Å²) in [6, 6.07) is 8.02. The molecule has 136 valence electrons. The van der Waals surface area contributed by atoms with Crippen LogP contribution in [0.4, 0.5) is 0 Å². The molecule has 24 heavy (non-hydrogen) atoms. The first-order valence-electron chi connectivity index (χ1n) is 7.61. The van der Waals surface area contributed by atoms with Crippen LogP contribution in [0.2, 0.25) is 0 Å². The maximum absolute atomic E-state index is 11.9. The average molecular weight is 359 g/mol. The number of rotatable bonds is 7. The third-order valence-corrected chi connectivity index (χ3v) is 2.93. The van der Waals surface area contributed by atoms with E-state index in [2.05, 4.69) is 5.32 Å². The number of ether oxygens (including phenoxy) is 2. The lowest BCUT2D eigenvalue weighted by atomic mass is 10.2. The van der Waals surface area contributed by atoms with Crippen LogP contribution < -0.4 is 11.1 Å². The number of esters is 2. The van der Waals surface area contributed by atoms with Crippen molar-refractivity contribution in [2.45, 2.75) is 52.0 Å². The molecule has 0 saturated heterocycles. The van der Waals surface area contributed by atoms with Gasteiger partial charge < -0.3 is 20.5 Å². The molecule has 0 aliphatic heterocycles. The Morgan fingerprint density at radius 3 is 2.29 bits per heavy atom. The molecule has 1 aromatic rings. The number of nitrogens with one attached hydrogen (secondary N) is 1. The second kappa shape index (κ2) is 10.3. The Kier molecular flexibility index (Phi) is 9.58. The van der Waals surface area contributed by atoms with Gasteiger partial charge in [-0.3, -0.25) is 9.59 Å². The van der Waals surface area contributed by atoms with E-state index >= 15 is 0 Å². The van der Waals surface area contributed by atoms with Crippen LogP contribution in [0.1, 0.15) is 33.3 Å². The monoisotopic (exact) mass is 358 g/mol. The molecule has 1 unspecified atom stereocenters. The first-order chi connectivity index (χ1) is 10.7. The molecule has 3 N–H and O–H groups in total. The fraction of sp³-hybridized carbons (Fsp3) is 0.529. The normalized spacial score (nSPS) is 13.4. The Labute approximate surface area is 149 Å². The zero-order chi connectivity index (χ0) is 17.5. The number of halogens is 1. The predicted molar refractivity (Wildman–Crippen MR) is 94.8 cm³/mol. The highest BCUT2D eigenvalue weighted by atomic mass is 35.5. The summed E-state index contributed by atoms with van der Waals surface area (Å²) in [4.78, 5) is 23.6. The number of hydrogen-bond donors (Lipinski definition) is 2. The van der Waals surface area contributed by atoms with E-state index in [1.54, 1.807) is 27.7 Å². The summed E-state index contributed by atoms with van der Waals surface area (Å²) in [5.41, 5.74) is 6.08. The molecule has 0 spiro atoms. The average Bonchev–Trinajstić information content (AvgIpc) is 2.49. The van der Waals surface area contributed by atoms with E-state index in [0.29, 0.717) is 0 Å². The molecular weight excluding hydrogens is 332 g/mol. The van der Waals surface area contributed by atoms with Gasteiger partial charge in [-0.1, -0.05) is 30.3 Å². The lowest BCUT2D eigenvalue weighted by Crippen LogP contribution is -2.48. The van der Waals surface area contributed by atoms with Crippen LogP contribution in [0.3, 0.4) is 0 Å². The van der Waals surface area contributed by atoms with Crippen molar-refractivity contribution in [3.63, 3.8) is 0 Å². The number of hydrogen-bond acceptors (Lipinski definition) is 6. The number of carbonyl (C=O) groups excluding carboxylic acids is 2. The second-order valence-corrected chi connectivity index (χ2v) is 6.36. The maximum atomic E-state index is 11.9. The molecule has 0 bridgehead atoms. The van der Waals surface area contributed by atoms with Crippen LogP contribution >= 0.6 is 12.4 Å². The zero-order valence-corrected chi connectivity index (χ0v) is 15.4. The van der Waals surface area contributed by atoms with Crippen LogP contribution in [-0.2, 0) is 25.7 Å². The van der Waals surface area contributed by atoms with Gasteiger partial charge in [0.2, 0.25) is 0 Å². The summed E-state index contributed by atoms with van der Waals surface area (Å²) in [5, 5.41) is 2.88. The van der Waals surface area contributed by atoms with Gasteiger partial charge >= 0.3 is 11.9 Å². The summed E-state index contributed by atoms with van der Waals surface area (Å²) in [6.45, 7) is 7.33. The number of benzene rings is 1. The Morgan fingerprint density at radius 2 is 1.75 bits per heavy atom. The highest BCUT2D eigenvalue weighted by Gasteiger charge is 2.23. The van der Waals surface area contributed by atoms with Crippen molar-refractivity contribution in [2.75, 3.05) is 6.54 Å². The van der Waals surface area contributed by atoms with E-state index in [1.165, 1.54) is 0 Å². The molecule has 0 heterocycles. The lowest BCUT2D eigenvalue weighted by Gasteiger charge is -2.23. The zero-order valence-electron chi connectivity index (χ0n) is 14.6. The van der Waals surface area contributed by atoms with Gasteiger partial charge in [0, 0.05) is 6.54 Å². The number of carbonyl (C=O) groups is 2. The summed E-state index contributed by atoms with van der Waals surface area (Å²) >= 11 is 0. The van der Waals surface area contributed by atoms with E-state index in [0.717, 1.165) is 5.56 Å². The molecule has 1 aromatic carbocycles. The predicted octanol–water partition coefficient (Wildman–Crippen LogP) is 1.80. The van der Waals surface area contributed by atoms with Gasteiger partial charge in [-0.15, -0.1) is 12.4 Å². The van der Waals surface area contributed by atoms with Crippen LogP contribution in [-0.4, -0.2) is 36.2 Å². The summed E-state index contributed by atoms with van der Waals surface area (Å²) < 4.78 is 10.4. The topological polar surface area (TPSA) is 90.6 Å². The van der Waals surface area contributed by atoms with E-state index in [4.69, 9.17) is 15.2 Å². The first kappa shape index (κ1) is 22.4. The van der Waals surface area contributed by atoms with Crippen molar-refractivity contribution in [1.29, 1.82) is 0 Å². The van der Waals surface area contributed by atoms with E-state index in [1.807, 2.05) is 30.3 Å². The standard InChI is InChI=1S/C17H26N2O4.ClH/c1-12(15(20)22-11-13-8-6-5-7-9-13)19-10-14(18)16(21)23-17(2,3)4;/h5-9,12,14,19H,10-11,18H2,1-4H3;1H/t12-,14?;/m0./s1. The fourth-order valence-corrected chi connectivity index (χ4v) is 1.70. The minimum atomic E-state index is -0.835. The van der Waals surface area contributed by atoms with Gasteiger partial charge in [0.25, 0.3) is 0 Å². The molecule has 0 fully saturated rings. The Morgan fingerprint density at radius 1 is 1.17 bits per heavy atom. The molecule has 0 aliphatic rings. The minimum absolute atomic E-state index is 0. The molecule has 2 atom stereocenters. The number of nitrogens with two attached hydrogens (primary N) is 1. The maximum Gasteiger partial charge on any atom is 0.324 e. The molecule has 0 aliphatic carbocycles. The summed E-state index contributed by atoms with van der Waals surface area (Å²) in [7, 11) is 0. The van der Waals surface area contributed by atoms with Crippen LogP contribution in [0.25, 0.3) is 0 Å². The molecular formula is C17H27ClN2O4. The quantitative estimate of drug-likeness (QED) is 0.722. The smallest absolute Gasteiger partial charge is 0.324 e. The molecule has 0 radical (unpaired) electrons. The Bertz CT molecular complexity index is 517. The molecule has 6 nitrogen and oxygen atoms in total. The van der Waals surface area contributed by atoms with E-state index < -0.39 is 29.6 Å². The van der Waals surface area contributed by atoms with E-state index in [-0.39, 0.29) is 25.6 Å². The van der Waals surface area contributed by atoms with Crippen LogP contribution in [0.15, 0.2) is 30.3 Å². The third-order valence-electron chi connectivity index (χ3n) is 2.93. The van der Waals surface area contributed by atoms with Gasteiger partial charge in [0.15, 0.2) is 0 Å².